The van der Waals surface area contributed by atoms with Crippen LogP contribution in [0.3, 0.4) is 0 Å². The standard InChI is InChI=1S/C11H13ClOS/c1-13-11-8-9(4-2-3-7-14)5-6-10(11)12/h2,4-6,8,14H,3,7H2,1H3. The lowest BCUT2D eigenvalue weighted by molar-refractivity contribution is 0.415. The molecule has 0 amide bonds. The smallest absolute Gasteiger partial charge is 0.138 e. The lowest BCUT2D eigenvalue weighted by Crippen LogP contribution is -1.84. The van der Waals surface area contributed by atoms with E-state index in [9.17, 15) is 0 Å². The molecule has 0 saturated carbocycles. The SMILES string of the molecule is COc1cc(C=CCCS)ccc1Cl. The van der Waals surface area contributed by atoms with Crippen LogP contribution in [-0.2, 0) is 0 Å². The van der Waals surface area contributed by atoms with E-state index in [1.807, 2.05) is 24.3 Å². The Balaban J connectivity index is 2.79. The van der Waals surface area contributed by atoms with E-state index in [1.54, 1.807) is 7.11 Å². The fraction of sp³-hybridized carbons (Fsp3) is 0.273. The summed E-state index contributed by atoms with van der Waals surface area (Å²) in [4.78, 5) is 0. The third-order valence-electron chi connectivity index (χ3n) is 1.78. The van der Waals surface area contributed by atoms with Crippen molar-refractivity contribution in [2.24, 2.45) is 0 Å². The Morgan fingerprint density at radius 1 is 1.50 bits per heavy atom. The van der Waals surface area contributed by atoms with Gasteiger partial charge in [0.1, 0.15) is 5.75 Å². The second-order valence-corrected chi connectivity index (χ2v) is 3.66. The van der Waals surface area contributed by atoms with Crippen LogP contribution in [0, 0.1) is 0 Å². The van der Waals surface area contributed by atoms with Gasteiger partial charge < -0.3 is 4.74 Å². The Morgan fingerprint density at radius 2 is 2.29 bits per heavy atom. The quantitative estimate of drug-likeness (QED) is 0.774. The molecule has 0 radical (unpaired) electrons. The van der Waals surface area contributed by atoms with Crippen LogP contribution >= 0.6 is 24.2 Å². The van der Waals surface area contributed by atoms with Gasteiger partial charge in [-0.05, 0) is 29.9 Å². The highest BCUT2D eigenvalue weighted by Crippen LogP contribution is 2.25. The van der Waals surface area contributed by atoms with E-state index in [-0.39, 0.29) is 0 Å². The van der Waals surface area contributed by atoms with E-state index in [4.69, 9.17) is 16.3 Å². The highest BCUT2D eigenvalue weighted by Gasteiger charge is 1.98. The zero-order valence-electron chi connectivity index (χ0n) is 8.03. The third-order valence-corrected chi connectivity index (χ3v) is 2.35. The molecule has 0 saturated heterocycles. The molecular weight excluding hydrogens is 216 g/mol. The van der Waals surface area contributed by atoms with Gasteiger partial charge >= 0.3 is 0 Å². The minimum atomic E-state index is 0.638. The molecule has 0 fully saturated rings. The van der Waals surface area contributed by atoms with Gasteiger partial charge in [0.15, 0.2) is 0 Å². The summed E-state index contributed by atoms with van der Waals surface area (Å²) in [5, 5.41) is 0.638. The highest BCUT2D eigenvalue weighted by molar-refractivity contribution is 7.80. The molecule has 0 aromatic heterocycles. The van der Waals surface area contributed by atoms with Crippen LogP contribution in [0.4, 0.5) is 0 Å². The average Bonchev–Trinajstić information content (AvgIpc) is 2.21. The van der Waals surface area contributed by atoms with Gasteiger partial charge in [-0.2, -0.15) is 12.6 Å². The molecule has 0 aliphatic heterocycles. The maximum absolute atomic E-state index is 5.90. The molecule has 1 rings (SSSR count). The predicted octanol–water partition coefficient (Wildman–Crippen LogP) is 3.68. The molecule has 0 bridgehead atoms. The fourth-order valence-corrected chi connectivity index (χ4v) is 1.42. The normalized spacial score (nSPS) is 10.8. The summed E-state index contributed by atoms with van der Waals surface area (Å²) in [6.07, 6.45) is 5.08. The molecule has 0 aliphatic carbocycles. The summed E-state index contributed by atoms with van der Waals surface area (Å²) in [7, 11) is 1.61. The number of hydrogen-bond acceptors (Lipinski definition) is 2. The van der Waals surface area contributed by atoms with Crippen molar-refractivity contribution in [3.05, 3.63) is 34.9 Å². The van der Waals surface area contributed by atoms with Gasteiger partial charge in [0.25, 0.3) is 0 Å². The van der Waals surface area contributed by atoms with Crippen molar-refractivity contribution in [2.75, 3.05) is 12.9 Å². The summed E-state index contributed by atoms with van der Waals surface area (Å²) >= 11 is 10.0. The van der Waals surface area contributed by atoms with Crippen molar-refractivity contribution >= 4 is 30.3 Å². The first-order valence-electron chi connectivity index (χ1n) is 4.39. The van der Waals surface area contributed by atoms with Crippen molar-refractivity contribution in [3.63, 3.8) is 0 Å². The zero-order valence-corrected chi connectivity index (χ0v) is 9.68. The van der Waals surface area contributed by atoms with E-state index >= 15 is 0 Å². The number of benzene rings is 1. The average molecular weight is 229 g/mol. The Kier molecular flexibility index (Phi) is 4.91. The molecule has 0 atom stereocenters. The number of allylic oxidation sites excluding steroid dienone is 1. The number of methoxy groups -OCH3 is 1. The summed E-state index contributed by atoms with van der Waals surface area (Å²) in [5.74, 6) is 1.57. The molecule has 14 heavy (non-hydrogen) atoms. The fourth-order valence-electron chi connectivity index (χ4n) is 1.07. The molecule has 3 heteroatoms. The molecule has 1 nitrogen and oxygen atoms in total. The number of ether oxygens (including phenoxy) is 1. The van der Waals surface area contributed by atoms with E-state index in [0.29, 0.717) is 10.8 Å². The molecule has 1 aromatic carbocycles. The Hall–Kier alpha value is -0.600. The van der Waals surface area contributed by atoms with Crippen molar-refractivity contribution in [1.82, 2.24) is 0 Å². The van der Waals surface area contributed by atoms with Crippen LogP contribution in [-0.4, -0.2) is 12.9 Å². The van der Waals surface area contributed by atoms with Gasteiger partial charge in [-0.15, -0.1) is 0 Å². The second kappa shape index (κ2) is 5.99. The first-order chi connectivity index (χ1) is 6.77. The Morgan fingerprint density at radius 3 is 2.93 bits per heavy atom. The van der Waals surface area contributed by atoms with Gasteiger partial charge in [-0.1, -0.05) is 29.8 Å². The second-order valence-electron chi connectivity index (χ2n) is 2.81. The van der Waals surface area contributed by atoms with Crippen LogP contribution in [0.1, 0.15) is 12.0 Å². The number of thiol groups is 1. The van der Waals surface area contributed by atoms with Gasteiger partial charge in [-0.25, -0.2) is 0 Å². The highest BCUT2D eigenvalue weighted by atomic mass is 35.5. The molecule has 0 unspecified atom stereocenters. The van der Waals surface area contributed by atoms with E-state index < -0.39 is 0 Å². The van der Waals surface area contributed by atoms with Crippen molar-refractivity contribution in [3.8, 4) is 5.75 Å². The monoisotopic (exact) mass is 228 g/mol. The van der Waals surface area contributed by atoms with Crippen LogP contribution in [0.5, 0.6) is 5.75 Å². The first-order valence-corrected chi connectivity index (χ1v) is 5.40. The van der Waals surface area contributed by atoms with Gasteiger partial charge in [0.2, 0.25) is 0 Å². The first kappa shape index (κ1) is 11.5. The summed E-state index contributed by atoms with van der Waals surface area (Å²) in [6, 6.07) is 5.71. The van der Waals surface area contributed by atoms with Crippen molar-refractivity contribution in [1.29, 1.82) is 0 Å². The van der Waals surface area contributed by atoms with Gasteiger partial charge in [0.05, 0.1) is 12.1 Å². The predicted molar refractivity (Wildman–Crippen MR) is 65.5 cm³/mol. The van der Waals surface area contributed by atoms with Gasteiger partial charge in [0, 0.05) is 0 Å². The van der Waals surface area contributed by atoms with Crippen LogP contribution in [0.2, 0.25) is 5.02 Å². The van der Waals surface area contributed by atoms with E-state index in [0.717, 1.165) is 17.7 Å². The Labute approximate surface area is 95.1 Å². The lowest BCUT2D eigenvalue weighted by Gasteiger charge is -2.03. The molecule has 0 heterocycles. The lowest BCUT2D eigenvalue weighted by atomic mass is 10.2. The van der Waals surface area contributed by atoms with Crippen LogP contribution in [0.25, 0.3) is 6.08 Å². The third kappa shape index (κ3) is 3.28. The van der Waals surface area contributed by atoms with Gasteiger partial charge in [-0.3, -0.25) is 0 Å². The van der Waals surface area contributed by atoms with Crippen molar-refractivity contribution < 1.29 is 4.74 Å². The number of hydrogen-bond donors (Lipinski definition) is 1. The van der Waals surface area contributed by atoms with Crippen molar-refractivity contribution in [2.45, 2.75) is 6.42 Å². The maximum atomic E-state index is 5.90. The van der Waals surface area contributed by atoms with Crippen LogP contribution in [0.15, 0.2) is 24.3 Å². The molecule has 1 aromatic rings. The van der Waals surface area contributed by atoms with E-state index in [1.165, 1.54) is 0 Å². The molecule has 0 aliphatic rings. The molecule has 76 valence electrons. The summed E-state index contributed by atoms with van der Waals surface area (Å²) in [5.41, 5.74) is 1.09. The topological polar surface area (TPSA) is 9.23 Å². The molecular formula is C11H13ClOS. The minimum absolute atomic E-state index is 0.638. The zero-order chi connectivity index (χ0) is 10.4. The number of rotatable bonds is 4. The van der Waals surface area contributed by atoms with E-state index in [2.05, 4.69) is 18.7 Å². The summed E-state index contributed by atoms with van der Waals surface area (Å²) < 4.78 is 5.11. The molecule has 0 spiro atoms. The largest absolute Gasteiger partial charge is 0.495 e. The minimum Gasteiger partial charge on any atom is -0.495 e. The number of halogens is 1. The molecule has 0 N–H and O–H groups in total. The summed E-state index contributed by atoms with van der Waals surface area (Å²) in [6.45, 7) is 0. The Bertz CT molecular complexity index is 323. The maximum Gasteiger partial charge on any atom is 0.138 e. The van der Waals surface area contributed by atoms with Crippen LogP contribution < -0.4 is 4.74 Å².